The topological polar surface area (TPSA) is 153 Å². The van der Waals surface area contributed by atoms with Crippen LogP contribution in [0.25, 0.3) is 0 Å². The molecule has 1 saturated heterocycles. The molecule has 2 aromatic rings. The number of hydrogen-bond donors (Lipinski definition) is 4. The van der Waals surface area contributed by atoms with E-state index in [-0.39, 0.29) is 24.5 Å². The van der Waals surface area contributed by atoms with E-state index in [2.05, 4.69) is 5.32 Å². The fourth-order valence-electron chi connectivity index (χ4n) is 2.92. The monoisotopic (exact) mass is 398 g/mol. The zero-order valence-electron chi connectivity index (χ0n) is 15.1. The first-order valence-electron chi connectivity index (χ1n) is 8.59. The smallest absolute Gasteiger partial charge is 0.325 e. The maximum absolute atomic E-state index is 12.5. The van der Waals surface area contributed by atoms with E-state index in [0.29, 0.717) is 10.5 Å². The van der Waals surface area contributed by atoms with E-state index >= 15 is 0 Å². The maximum Gasteiger partial charge on any atom is 0.325 e. The number of primary amides is 1. The van der Waals surface area contributed by atoms with Crippen LogP contribution in [-0.2, 0) is 14.4 Å². The van der Waals surface area contributed by atoms with Crippen LogP contribution >= 0.6 is 0 Å². The number of phenolic OH excluding ortho intramolecular Hbond substituents is 2. The minimum Gasteiger partial charge on any atom is -0.504 e. The molecular weight excluding hydrogens is 380 g/mol. The molecule has 1 fully saturated rings. The van der Waals surface area contributed by atoms with E-state index in [0.717, 1.165) is 11.0 Å². The Labute approximate surface area is 165 Å². The maximum atomic E-state index is 12.5. The quantitative estimate of drug-likeness (QED) is 0.426. The first-order chi connectivity index (χ1) is 13.8. The third kappa shape index (κ3) is 3.95. The summed E-state index contributed by atoms with van der Waals surface area (Å²) in [5.41, 5.74) is 5.98. The van der Waals surface area contributed by atoms with Gasteiger partial charge in [-0.15, -0.1) is 0 Å². The second-order valence-corrected chi connectivity index (χ2v) is 6.28. The van der Waals surface area contributed by atoms with Crippen LogP contribution in [0.3, 0.4) is 0 Å². The fraction of sp³-hybridized carbons (Fsp3) is 0.158. The molecule has 5 N–H and O–H groups in total. The molecular formula is C19H18N4O6. The van der Waals surface area contributed by atoms with Crippen LogP contribution in [-0.4, -0.2) is 52.0 Å². The van der Waals surface area contributed by atoms with E-state index in [4.69, 9.17) is 5.73 Å². The summed E-state index contributed by atoms with van der Waals surface area (Å²) in [6.07, 6.45) is 0. The Hall–Kier alpha value is -4.08. The van der Waals surface area contributed by atoms with Crippen molar-refractivity contribution in [2.75, 3.05) is 18.0 Å². The number of carbonyl (C=O) groups is 4. The van der Waals surface area contributed by atoms with Crippen molar-refractivity contribution in [3.05, 3.63) is 54.1 Å². The molecule has 1 aliphatic heterocycles. The molecule has 3 rings (SSSR count). The SMILES string of the molecule is NC(=O)C(NC(=O)N1CCN(c2ccc(O)c(O)c2)C(=O)C1=O)c1ccccc1. The van der Waals surface area contributed by atoms with Gasteiger partial charge in [0.05, 0.1) is 0 Å². The second kappa shape index (κ2) is 7.89. The molecule has 0 spiro atoms. The van der Waals surface area contributed by atoms with Crippen molar-refractivity contribution < 1.29 is 29.4 Å². The highest BCUT2D eigenvalue weighted by Crippen LogP contribution is 2.30. The number of nitrogens with one attached hydrogen (secondary N) is 1. The summed E-state index contributed by atoms with van der Waals surface area (Å²) in [6.45, 7) is -0.174. The molecule has 0 bridgehead atoms. The molecule has 0 aromatic heterocycles. The highest BCUT2D eigenvalue weighted by molar-refractivity contribution is 6.43. The number of rotatable bonds is 4. The lowest BCUT2D eigenvalue weighted by atomic mass is 10.1. The highest BCUT2D eigenvalue weighted by Gasteiger charge is 2.38. The van der Waals surface area contributed by atoms with Gasteiger partial charge in [0.15, 0.2) is 11.5 Å². The highest BCUT2D eigenvalue weighted by atomic mass is 16.3. The van der Waals surface area contributed by atoms with Gasteiger partial charge in [-0.1, -0.05) is 30.3 Å². The number of phenols is 2. The van der Waals surface area contributed by atoms with Gasteiger partial charge in [-0.25, -0.2) is 4.79 Å². The van der Waals surface area contributed by atoms with E-state index in [1.807, 2.05) is 0 Å². The van der Waals surface area contributed by atoms with Gasteiger partial charge in [-0.3, -0.25) is 19.3 Å². The summed E-state index contributed by atoms with van der Waals surface area (Å²) < 4.78 is 0. The minimum absolute atomic E-state index is 0.0330. The molecule has 1 atom stereocenters. The number of urea groups is 1. The van der Waals surface area contributed by atoms with Crippen molar-refractivity contribution in [1.29, 1.82) is 0 Å². The number of nitrogens with two attached hydrogens (primary N) is 1. The van der Waals surface area contributed by atoms with E-state index < -0.39 is 35.5 Å². The Morgan fingerprint density at radius 3 is 2.28 bits per heavy atom. The lowest BCUT2D eigenvalue weighted by Gasteiger charge is -2.33. The van der Waals surface area contributed by atoms with Crippen LogP contribution in [0.4, 0.5) is 10.5 Å². The summed E-state index contributed by atoms with van der Waals surface area (Å²) in [5, 5.41) is 21.3. The Balaban J connectivity index is 1.75. The third-order valence-corrected chi connectivity index (χ3v) is 4.42. The molecule has 29 heavy (non-hydrogen) atoms. The molecule has 0 saturated carbocycles. The van der Waals surface area contributed by atoms with Crippen LogP contribution in [0, 0.1) is 0 Å². The Bertz CT molecular complexity index is 978. The molecule has 2 aromatic carbocycles. The first-order valence-corrected chi connectivity index (χ1v) is 8.59. The number of anilines is 1. The number of amides is 5. The zero-order valence-corrected chi connectivity index (χ0v) is 15.1. The lowest BCUT2D eigenvalue weighted by molar-refractivity contribution is -0.144. The van der Waals surface area contributed by atoms with Crippen molar-refractivity contribution in [3.8, 4) is 11.5 Å². The van der Waals surface area contributed by atoms with Gasteiger partial charge in [0.25, 0.3) is 0 Å². The minimum atomic E-state index is -1.17. The van der Waals surface area contributed by atoms with E-state index in [9.17, 15) is 29.4 Å². The number of piperazine rings is 1. The molecule has 0 radical (unpaired) electrons. The summed E-state index contributed by atoms with van der Waals surface area (Å²) in [4.78, 5) is 50.9. The van der Waals surface area contributed by atoms with Crippen molar-refractivity contribution in [2.24, 2.45) is 5.73 Å². The predicted octanol–water partition coefficient (Wildman–Crippen LogP) is 0.209. The summed E-state index contributed by atoms with van der Waals surface area (Å²) in [6, 6.07) is 9.82. The first kappa shape index (κ1) is 19.7. The van der Waals surface area contributed by atoms with E-state index in [1.165, 1.54) is 12.1 Å². The largest absolute Gasteiger partial charge is 0.504 e. The Morgan fingerprint density at radius 2 is 1.66 bits per heavy atom. The summed E-state index contributed by atoms with van der Waals surface area (Å²) in [7, 11) is 0. The van der Waals surface area contributed by atoms with Gasteiger partial charge in [0, 0.05) is 24.8 Å². The average Bonchev–Trinajstić information content (AvgIpc) is 2.70. The van der Waals surface area contributed by atoms with Crippen LogP contribution < -0.4 is 16.0 Å². The number of carbonyl (C=O) groups excluding carboxylic acids is 4. The van der Waals surface area contributed by atoms with Crippen molar-refractivity contribution in [3.63, 3.8) is 0 Å². The van der Waals surface area contributed by atoms with Crippen LogP contribution in [0.5, 0.6) is 11.5 Å². The van der Waals surface area contributed by atoms with Crippen molar-refractivity contribution in [2.45, 2.75) is 6.04 Å². The van der Waals surface area contributed by atoms with Gasteiger partial charge in [0.2, 0.25) is 5.91 Å². The second-order valence-electron chi connectivity index (χ2n) is 6.28. The van der Waals surface area contributed by atoms with E-state index in [1.54, 1.807) is 30.3 Å². The van der Waals surface area contributed by atoms with Crippen molar-refractivity contribution in [1.82, 2.24) is 10.2 Å². The number of aromatic hydroxyl groups is 2. The van der Waals surface area contributed by atoms with Gasteiger partial charge in [0.1, 0.15) is 6.04 Å². The number of hydrogen-bond acceptors (Lipinski definition) is 6. The van der Waals surface area contributed by atoms with Gasteiger partial charge in [-0.2, -0.15) is 0 Å². The third-order valence-electron chi connectivity index (χ3n) is 4.42. The van der Waals surface area contributed by atoms with Crippen LogP contribution in [0.2, 0.25) is 0 Å². The lowest BCUT2D eigenvalue weighted by Crippen LogP contribution is -2.59. The molecule has 1 unspecified atom stereocenters. The van der Waals surface area contributed by atoms with Gasteiger partial charge < -0.3 is 26.2 Å². The number of benzene rings is 2. The Morgan fingerprint density at radius 1 is 0.966 bits per heavy atom. The summed E-state index contributed by atoms with van der Waals surface area (Å²) in [5.74, 6) is -3.73. The molecule has 5 amide bonds. The molecule has 10 nitrogen and oxygen atoms in total. The molecule has 150 valence electrons. The predicted molar refractivity (Wildman–Crippen MR) is 101 cm³/mol. The number of nitrogens with zero attached hydrogens (tertiary/aromatic N) is 2. The standard InChI is InChI=1S/C19H18N4O6/c20-16(26)15(11-4-2-1-3-5-11)21-19(29)23-9-8-22(17(27)18(23)28)12-6-7-13(24)14(25)10-12/h1-7,10,15,24-25H,8-9H2,(H2,20,26)(H,21,29). The molecule has 10 heteroatoms. The zero-order chi connectivity index (χ0) is 21.1. The molecule has 1 heterocycles. The molecule has 1 aliphatic rings. The molecule has 0 aliphatic carbocycles. The van der Waals surface area contributed by atoms with Gasteiger partial charge in [-0.05, 0) is 17.7 Å². The van der Waals surface area contributed by atoms with Gasteiger partial charge >= 0.3 is 17.8 Å². The number of imide groups is 1. The fourth-order valence-corrected chi connectivity index (χ4v) is 2.92. The normalized spacial score (nSPS) is 15.2. The van der Waals surface area contributed by atoms with Crippen molar-refractivity contribution >= 4 is 29.4 Å². The summed E-state index contributed by atoms with van der Waals surface area (Å²) >= 11 is 0. The Kier molecular flexibility index (Phi) is 5.35. The average molecular weight is 398 g/mol. The van der Waals surface area contributed by atoms with Crippen LogP contribution in [0.1, 0.15) is 11.6 Å². The van der Waals surface area contributed by atoms with Crippen LogP contribution in [0.15, 0.2) is 48.5 Å².